The second kappa shape index (κ2) is 5.23. The highest BCUT2D eigenvalue weighted by Crippen LogP contribution is 2.34. The lowest BCUT2D eigenvalue weighted by molar-refractivity contribution is 0.307. The summed E-state index contributed by atoms with van der Waals surface area (Å²) >= 11 is 0. The number of methoxy groups -OCH3 is 1. The third-order valence-corrected chi connectivity index (χ3v) is 3.64. The molecule has 0 spiro atoms. The van der Waals surface area contributed by atoms with Gasteiger partial charge in [0.05, 0.1) is 12.6 Å². The van der Waals surface area contributed by atoms with E-state index in [0.29, 0.717) is 6.54 Å². The van der Waals surface area contributed by atoms with E-state index < -0.39 is 0 Å². The van der Waals surface area contributed by atoms with Gasteiger partial charge in [-0.15, -0.1) is 0 Å². The maximum atomic E-state index is 5.93. The van der Waals surface area contributed by atoms with Crippen LogP contribution in [-0.4, -0.2) is 37.2 Å². The molecule has 0 bridgehead atoms. The molecule has 1 heterocycles. The summed E-state index contributed by atoms with van der Waals surface area (Å²) in [6.45, 7) is 2.69. The van der Waals surface area contributed by atoms with Crippen LogP contribution in [0.5, 0.6) is 5.75 Å². The lowest BCUT2D eigenvalue weighted by Crippen LogP contribution is -2.27. The second-order valence-electron chi connectivity index (χ2n) is 5.27. The van der Waals surface area contributed by atoms with E-state index in [2.05, 4.69) is 48.8 Å². The molecule has 1 unspecified atom stereocenters. The van der Waals surface area contributed by atoms with Crippen LogP contribution in [0, 0.1) is 6.92 Å². The van der Waals surface area contributed by atoms with Gasteiger partial charge in [0, 0.05) is 31.2 Å². The van der Waals surface area contributed by atoms with Crippen LogP contribution in [0.4, 0.5) is 0 Å². The molecule has 0 radical (unpaired) electrons. The van der Waals surface area contributed by atoms with E-state index in [1.165, 1.54) is 16.5 Å². The fourth-order valence-electron chi connectivity index (χ4n) is 2.71. The lowest BCUT2D eigenvalue weighted by atomic mass is 10.0. The van der Waals surface area contributed by atoms with Crippen molar-refractivity contribution in [1.29, 1.82) is 0 Å². The number of rotatable bonds is 4. The molecule has 0 aliphatic rings. The zero-order chi connectivity index (χ0) is 14.2. The molecule has 4 heteroatoms. The fourth-order valence-corrected chi connectivity index (χ4v) is 2.71. The first-order chi connectivity index (χ1) is 8.99. The van der Waals surface area contributed by atoms with Gasteiger partial charge in [-0.2, -0.15) is 0 Å². The number of hydrogen-bond donors (Lipinski definition) is 1. The summed E-state index contributed by atoms with van der Waals surface area (Å²) in [6, 6.07) is 4.49. The highest BCUT2D eigenvalue weighted by molar-refractivity contribution is 5.90. The standard InChI is InChI=1S/C15H23N3O/c1-10-6-11-12(13(8-16)17(2)3)9-18(4)15(11)14(7-10)19-5/h6-7,9,13H,8,16H2,1-5H3. The van der Waals surface area contributed by atoms with Gasteiger partial charge >= 0.3 is 0 Å². The number of aromatic nitrogens is 1. The number of hydrogen-bond acceptors (Lipinski definition) is 3. The zero-order valence-electron chi connectivity index (χ0n) is 12.4. The Bertz CT molecular complexity index is 587. The smallest absolute Gasteiger partial charge is 0.143 e. The highest BCUT2D eigenvalue weighted by atomic mass is 16.5. The van der Waals surface area contributed by atoms with Crippen LogP contribution in [0.3, 0.4) is 0 Å². The Kier molecular flexibility index (Phi) is 3.83. The Hall–Kier alpha value is -1.52. The normalized spacial score (nSPS) is 13.2. The summed E-state index contributed by atoms with van der Waals surface area (Å²) in [7, 11) is 7.88. The Morgan fingerprint density at radius 1 is 1.37 bits per heavy atom. The maximum absolute atomic E-state index is 5.93. The van der Waals surface area contributed by atoms with Crippen LogP contribution < -0.4 is 10.5 Å². The van der Waals surface area contributed by atoms with E-state index in [4.69, 9.17) is 10.5 Å². The molecule has 1 aromatic carbocycles. The van der Waals surface area contributed by atoms with Crippen molar-refractivity contribution in [1.82, 2.24) is 9.47 Å². The van der Waals surface area contributed by atoms with Crippen LogP contribution >= 0.6 is 0 Å². The van der Waals surface area contributed by atoms with Gasteiger partial charge in [-0.25, -0.2) is 0 Å². The minimum atomic E-state index is 0.218. The molecule has 0 saturated heterocycles. The molecule has 2 N–H and O–H groups in total. The van der Waals surface area contributed by atoms with Crippen LogP contribution in [0.2, 0.25) is 0 Å². The van der Waals surface area contributed by atoms with Gasteiger partial charge in [-0.05, 0) is 44.3 Å². The highest BCUT2D eigenvalue weighted by Gasteiger charge is 2.19. The van der Waals surface area contributed by atoms with Gasteiger partial charge in [0.25, 0.3) is 0 Å². The van der Waals surface area contributed by atoms with Crippen molar-refractivity contribution in [3.05, 3.63) is 29.5 Å². The van der Waals surface area contributed by atoms with E-state index in [1.54, 1.807) is 7.11 Å². The number of ether oxygens (including phenoxy) is 1. The van der Waals surface area contributed by atoms with E-state index >= 15 is 0 Å². The number of fused-ring (bicyclic) bond motifs is 1. The Morgan fingerprint density at radius 3 is 2.58 bits per heavy atom. The van der Waals surface area contributed by atoms with Crippen molar-refractivity contribution in [2.45, 2.75) is 13.0 Å². The fraction of sp³-hybridized carbons (Fsp3) is 0.467. The molecule has 1 aromatic heterocycles. The molecule has 2 rings (SSSR count). The first-order valence-electron chi connectivity index (χ1n) is 6.49. The third kappa shape index (κ3) is 2.33. The molecule has 0 aliphatic carbocycles. The summed E-state index contributed by atoms with van der Waals surface area (Å²) in [5, 5.41) is 1.23. The molecule has 4 nitrogen and oxygen atoms in total. The van der Waals surface area contributed by atoms with Crippen molar-refractivity contribution in [3.8, 4) is 5.75 Å². The van der Waals surface area contributed by atoms with Crippen molar-refractivity contribution in [2.24, 2.45) is 12.8 Å². The SMILES string of the molecule is COc1cc(C)cc2c(C(CN)N(C)C)cn(C)c12. The van der Waals surface area contributed by atoms with Gasteiger partial charge in [0.15, 0.2) is 0 Å². The van der Waals surface area contributed by atoms with E-state index in [-0.39, 0.29) is 6.04 Å². The summed E-state index contributed by atoms with van der Waals surface area (Å²) in [4.78, 5) is 2.16. The van der Waals surface area contributed by atoms with E-state index in [1.807, 2.05) is 7.05 Å². The summed E-state index contributed by atoms with van der Waals surface area (Å²) in [5.74, 6) is 0.915. The van der Waals surface area contributed by atoms with Crippen molar-refractivity contribution in [3.63, 3.8) is 0 Å². The molecule has 0 saturated carbocycles. The van der Waals surface area contributed by atoms with Crippen molar-refractivity contribution >= 4 is 10.9 Å². The largest absolute Gasteiger partial charge is 0.495 e. The zero-order valence-corrected chi connectivity index (χ0v) is 12.4. The number of benzene rings is 1. The van der Waals surface area contributed by atoms with Gasteiger partial charge in [-0.3, -0.25) is 0 Å². The minimum absolute atomic E-state index is 0.218. The molecular formula is C15H23N3O. The van der Waals surface area contributed by atoms with E-state index in [0.717, 1.165) is 11.3 Å². The van der Waals surface area contributed by atoms with E-state index in [9.17, 15) is 0 Å². The molecule has 104 valence electrons. The van der Waals surface area contributed by atoms with Crippen molar-refractivity contribution < 1.29 is 4.74 Å². The number of likely N-dealkylation sites (N-methyl/N-ethyl adjacent to an activating group) is 1. The lowest BCUT2D eigenvalue weighted by Gasteiger charge is -2.22. The molecule has 0 aliphatic heterocycles. The topological polar surface area (TPSA) is 43.4 Å². The molecule has 1 atom stereocenters. The van der Waals surface area contributed by atoms with Gasteiger partial charge < -0.3 is 19.9 Å². The molecule has 2 aromatic rings. The number of nitrogens with two attached hydrogens (primary N) is 1. The van der Waals surface area contributed by atoms with Gasteiger partial charge in [-0.1, -0.05) is 0 Å². The predicted molar refractivity (Wildman–Crippen MR) is 79.7 cm³/mol. The third-order valence-electron chi connectivity index (χ3n) is 3.64. The molecule has 19 heavy (non-hydrogen) atoms. The summed E-state index contributed by atoms with van der Waals surface area (Å²) < 4.78 is 7.63. The van der Waals surface area contributed by atoms with Crippen LogP contribution in [0.15, 0.2) is 18.3 Å². The predicted octanol–water partition coefficient (Wildman–Crippen LogP) is 2.06. The summed E-state index contributed by atoms with van der Waals surface area (Å²) in [5.41, 5.74) is 9.52. The van der Waals surface area contributed by atoms with Gasteiger partial charge in [0.2, 0.25) is 0 Å². The Balaban J connectivity index is 2.73. The average Bonchev–Trinajstić information content (AvgIpc) is 2.66. The second-order valence-corrected chi connectivity index (χ2v) is 5.27. The van der Waals surface area contributed by atoms with Crippen molar-refractivity contribution in [2.75, 3.05) is 27.7 Å². The van der Waals surface area contributed by atoms with Crippen LogP contribution in [-0.2, 0) is 7.05 Å². The first kappa shape index (κ1) is 13.9. The Labute approximate surface area is 114 Å². The minimum Gasteiger partial charge on any atom is -0.495 e. The molecule has 0 fully saturated rings. The summed E-state index contributed by atoms with van der Waals surface area (Å²) in [6.07, 6.45) is 2.16. The Morgan fingerprint density at radius 2 is 2.05 bits per heavy atom. The molecule has 0 amide bonds. The quantitative estimate of drug-likeness (QED) is 0.916. The number of nitrogens with zero attached hydrogens (tertiary/aromatic N) is 2. The van der Waals surface area contributed by atoms with Gasteiger partial charge in [0.1, 0.15) is 5.75 Å². The first-order valence-corrected chi connectivity index (χ1v) is 6.49. The monoisotopic (exact) mass is 261 g/mol. The van der Waals surface area contributed by atoms with Crippen LogP contribution in [0.1, 0.15) is 17.2 Å². The van der Waals surface area contributed by atoms with Crippen LogP contribution in [0.25, 0.3) is 10.9 Å². The number of aryl methyl sites for hydroxylation is 2. The maximum Gasteiger partial charge on any atom is 0.143 e. The molecular weight excluding hydrogens is 238 g/mol. The average molecular weight is 261 g/mol.